The summed E-state index contributed by atoms with van der Waals surface area (Å²) in [6.45, 7) is 6.22. The molecule has 1 amide bonds. The Bertz CT molecular complexity index is 518. The first-order valence-corrected chi connectivity index (χ1v) is 7.22. The van der Waals surface area contributed by atoms with E-state index in [0.29, 0.717) is 17.5 Å². The summed E-state index contributed by atoms with van der Waals surface area (Å²) in [5.41, 5.74) is 6.12. The summed E-state index contributed by atoms with van der Waals surface area (Å²) in [7, 11) is 0. The minimum absolute atomic E-state index is 0.196. The molecule has 1 unspecified atom stereocenters. The Kier molecular flexibility index (Phi) is 6.49. The molecule has 0 aromatic heterocycles. The number of carbonyl (C=O) groups excluding carboxylic acids is 2. The molecule has 3 N–H and O–H groups in total. The number of benzene rings is 1. The fraction of sp³-hybridized carbons (Fsp3) is 0.467. The minimum Gasteiger partial charge on any atom is -0.449 e. The molecule has 0 heterocycles. The average Bonchev–Trinajstić information content (AvgIpc) is 2.37. The number of anilines is 1. The zero-order valence-corrected chi connectivity index (χ0v) is 13.2. The largest absolute Gasteiger partial charge is 0.449 e. The third kappa shape index (κ3) is 5.63. The molecule has 0 aliphatic rings. The van der Waals surface area contributed by atoms with Crippen LogP contribution in [0.25, 0.3) is 0 Å². The van der Waals surface area contributed by atoms with Gasteiger partial charge >= 0.3 is 5.97 Å². The van der Waals surface area contributed by atoms with E-state index < -0.39 is 12.1 Å². The van der Waals surface area contributed by atoms with Crippen LogP contribution >= 0.6 is 11.6 Å². The molecule has 6 heteroatoms. The molecule has 0 radical (unpaired) electrons. The lowest BCUT2D eigenvalue weighted by Crippen LogP contribution is -2.36. The molecule has 0 aliphatic heterocycles. The molecule has 0 spiro atoms. The number of ether oxygens (including phenoxy) is 1. The van der Waals surface area contributed by atoms with Crippen LogP contribution in [-0.2, 0) is 9.53 Å². The average molecular weight is 313 g/mol. The first kappa shape index (κ1) is 17.3. The van der Waals surface area contributed by atoms with Crippen molar-refractivity contribution in [2.45, 2.75) is 33.3 Å². The lowest BCUT2D eigenvalue weighted by molar-refractivity contribution is -0.129. The third-order valence-electron chi connectivity index (χ3n) is 2.91. The van der Waals surface area contributed by atoms with Gasteiger partial charge in [-0.2, -0.15) is 0 Å². The van der Waals surface area contributed by atoms with Crippen molar-refractivity contribution >= 4 is 29.2 Å². The second-order valence-electron chi connectivity index (χ2n) is 5.25. The number of hydrogen-bond acceptors (Lipinski definition) is 4. The van der Waals surface area contributed by atoms with Gasteiger partial charge in [0.15, 0.2) is 6.10 Å². The Hall–Kier alpha value is -1.75. The molecule has 21 heavy (non-hydrogen) atoms. The summed E-state index contributed by atoms with van der Waals surface area (Å²) in [5.74, 6) is -0.468. The van der Waals surface area contributed by atoms with E-state index in [0.717, 1.165) is 6.42 Å². The fourth-order valence-corrected chi connectivity index (χ4v) is 1.81. The Morgan fingerprint density at radius 2 is 2.00 bits per heavy atom. The Balaban J connectivity index is 2.55. The van der Waals surface area contributed by atoms with Gasteiger partial charge in [0.05, 0.1) is 5.56 Å². The highest BCUT2D eigenvalue weighted by Crippen LogP contribution is 2.19. The monoisotopic (exact) mass is 312 g/mol. The predicted molar refractivity (Wildman–Crippen MR) is 83.2 cm³/mol. The normalized spacial score (nSPS) is 12.0. The zero-order chi connectivity index (χ0) is 16.0. The van der Waals surface area contributed by atoms with Crippen molar-refractivity contribution in [1.29, 1.82) is 0 Å². The van der Waals surface area contributed by atoms with E-state index in [9.17, 15) is 9.59 Å². The summed E-state index contributed by atoms with van der Waals surface area (Å²) in [4.78, 5) is 23.7. The molecule has 0 saturated carbocycles. The standard InChI is InChI=1S/C15H21ClN2O3/c1-9(2)6-7-18-14(19)10(3)21-15(20)12-5-4-11(16)8-13(12)17/h4-5,8-10H,6-7,17H2,1-3H3,(H,18,19). The molecule has 0 aliphatic carbocycles. The molecule has 1 atom stereocenters. The Labute approximate surface area is 129 Å². The van der Waals surface area contributed by atoms with E-state index in [1.165, 1.54) is 19.1 Å². The van der Waals surface area contributed by atoms with Crippen LogP contribution in [0.15, 0.2) is 18.2 Å². The third-order valence-corrected chi connectivity index (χ3v) is 3.14. The summed E-state index contributed by atoms with van der Waals surface area (Å²) < 4.78 is 5.10. The first-order valence-electron chi connectivity index (χ1n) is 6.85. The molecule has 5 nitrogen and oxygen atoms in total. The van der Waals surface area contributed by atoms with Crippen molar-refractivity contribution in [3.05, 3.63) is 28.8 Å². The van der Waals surface area contributed by atoms with Crippen LogP contribution in [0.1, 0.15) is 37.6 Å². The molecule has 0 bridgehead atoms. The topological polar surface area (TPSA) is 81.4 Å². The fourth-order valence-electron chi connectivity index (χ4n) is 1.62. The molecule has 0 fully saturated rings. The van der Waals surface area contributed by atoms with Gasteiger partial charge < -0.3 is 15.8 Å². The highest BCUT2D eigenvalue weighted by Gasteiger charge is 2.20. The lowest BCUT2D eigenvalue weighted by Gasteiger charge is -2.14. The van der Waals surface area contributed by atoms with Crippen LogP contribution in [0.4, 0.5) is 5.69 Å². The molecule has 116 valence electrons. The van der Waals surface area contributed by atoms with E-state index >= 15 is 0 Å². The smallest absolute Gasteiger partial charge is 0.341 e. The SMILES string of the molecule is CC(C)CCNC(=O)C(C)OC(=O)c1ccc(Cl)cc1N. The van der Waals surface area contributed by atoms with E-state index in [4.69, 9.17) is 22.1 Å². The second kappa shape index (κ2) is 7.88. The molecule has 0 saturated heterocycles. The van der Waals surface area contributed by atoms with Crippen LogP contribution in [-0.4, -0.2) is 24.5 Å². The second-order valence-corrected chi connectivity index (χ2v) is 5.69. The van der Waals surface area contributed by atoms with Gasteiger partial charge in [0, 0.05) is 17.3 Å². The summed E-state index contributed by atoms with van der Waals surface area (Å²) in [6, 6.07) is 4.48. The van der Waals surface area contributed by atoms with Gasteiger partial charge in [-0.15, -0.1) is 0 Å². The molecular formula is C15H21ClN2O3. The maximum Gasteiger partial charge on any atom is 0.341 e. The van der Waals surface area contributed by atoms with Crippen LogP contribution in [0, 0.1) is 5.92 Å². The van der Waals surface area contributed by atoms with Crippen molar-refractivity contribution in [2.24, 2.45) is 5.92 Å². The van der Waals surface area contributed by atoms with Crippen molar-refractivity contribution < 1.29 is 14.3 Å². The number of nitrogen functional groups attached to an aromatic ring is 1. The van der Waals surface area contributed by atoms with Gasteiger partial charge in [-0.1, -0.05) is 25.4 Å². The number of esters is 1. The van der Waals surface area contributed by atoms with Crippen molar-refractivity contribution in [3.63, 3.8) is 0 Å². The number of carbonyl (C=O) groups is 2. The first-order chi connectivity index (χ1) is 9.81. The van der Waals surface area contributed by atoms with E-state index in [2.05, 4.69) is 19.2 Å². The van der Waals surface area contributed by atoms with E-state index in [1.807, 2.05) is 0 Å². The van der Waals surface area contributed by atoms with Crippen molar-refractivity contribution in [2.75, 3.05) is 12.3 Å². The quantitative estimate of drug-likeness (QED) is 0.625. The van der Waals surface area contributed by atoms with Crippen LogP contribution in [0.3, 0.4) is 0 Å². The zero-order valence-electron chi connectivity index (χ0n) is 12.5. The number of halogens is 1. The highest BCUT2D eigenvalue weighted by molar-refractivity contribution is 6.31. The van der Waals surface area contributed by atoms with Gasteiger partial charge in [0.1, 0.15) is 0 Å². The molecule has 1 rings (SSSR count). The van der Waals surface area contributed by atoms with Gasteiger partial charge in [0.25, 0.3) is 5.91 Å². The Morgan fingerprint density at radius 3 is 2.57 bits per heavy atom. The number of hydrogen-bond donors (Lipinski definition) is 2. The van der Waals surface area contributed by atoms with Gasteiger partial charge in [-0.3, -0.25) is 4.79 Å². The van der Waals surface area contributed by atoms with E-state index in [-0.39, 0.29) is 17.2 Å². The maximum absolute atomic E-state index is 11.9. The Morgan fingerprint density at radius 1 is 1.33 bits per heavy atom. The van der Waals surface area contributed by atoms with Gasteiger partial charge in [0.2, 0.25) is 0 Å². The van der Waals surface area contributed by atoms with Crippen molar-refractivity contribution in [3.8, 4) is 0 Å². The van der Waals surface area contributed by atoms with Crippen molar-refractivity contribution in [1.82, 2.24) is 5.32 Å². The molecule has 1 aromatic carbocycles. The van der Waals surface area contributed by atoms with E-state index in [1.54, 1.807) is 6.07 Å². The van der Waals surface area contributed by atoms with Gasteiger partial charge in [-0.25, -0.2) is 4.79 Å². The lowest BCUT2D eigenvalue weighted by atomic mass is 10.1. The van der Waals surface area contributed by atoms with Crippen LogP contribution in [0.2, 0.25) is 5.02 Å². The number of amides is 1. The summed E-state index contributed by atoms with van der Waals surface area (Å²) >= 11 is 5.76. The number of rotatable bonds is 6. The summed E-state index contributed by atoms with van der Waals surface area (Å²) in [6.07, 6.45) is -0.00367. The number of nitrogens with two attached hydrogens (primary N) is 1. The predicted octanol–water partition coefficient (Wildman–Crippen LogP) is 2.63. The van der Waals surface area contributed by atoms with Gasteiger partial charge in [-0.05, 0) is 37.5 Å². The molecular weight excluding hydrogens is 292 g/mol. The minimum atomic E-state index is -0.875. The number of nitrogens with one attached hydrogen (secondary N) is 1. The molecule has 1 aromatic rings. The van der Waals surface area contributed by atoms with Crippen LogP contribution in [0.5, 0.6) is 0 Å². The highest BCUT2D eigenvalue weighted by atomic mass is 35.5. The summed E-state index contributed by atoms with van der Waals surface area (Å²) in [5, 5.41) is 3.16. The van der Waals surface area contributed by atoms with Crippen LogP contribution < -0.4 is 11.1 Å². The maximum atomic E-state index is 11.9.